The lowest BCUT2D eigenvalue weighted by Crippen LogP contribution is -2.22. The fourth-order valence-corrected chi connectivity index (χ4v) is 2.54. The zero-order chi connectivity index (χ0) is 13.6. The summed E-state index contributed by atoms with van der Waals surface area (Å²) >= 11 is 0. The maximum atomic E-state index is 9.56. The molecule has 0 amide bonds. The average Bonchev–Trinajstić information content (AvgIpc) is 2.49. The normalized spacial score (nSPS) is 21.8. The van der Waals surface area contributed by atoms with Crippen LogP contribution in [0.2, 0.25) is 0 Å². The van der Waals surface area contributed by atoms with Crippen LogP contribution in [-0.2, 0) is 5.41 Å². The number of unbranched alkanes of at least 4 members (excludes halogenated alkanes) is 2. The number of hydrogen-bond acceptors (Lipinski definition) is 1. The topological polar surface area (TPSA) is 23.8 Å². The van der Waals surface area contributed by atoms with Gasteiger partial charge in [-0.25, -0.2) is 0 Å². The van der Waals surface area contributed by atoms with Crippen molar-refractivity contribution in [1.29, 1.82) is 5.26 Å². The van der Waals surface area contributed by atoms with Gasteiger partial charge in [-0.15, -0.1) is 0 Å². The zero-order valence-electron chi connectivity index (χ0n) is 11.6. The van der Waals surface area contributed by atoms with Crippen LogP contribution >= 0.6 is 0 Å². The Morgan fingerprint density at radius 3 is 2.58 bits per heavy atom. The molecule has 0 radical (unpaired) electrons. The molecule has 1 heteroatoms. The highest BCUT2D eigenvalue weighted by atomic mass is 14.4. The maximum absolute atomic E-state index is 9.56. The van der Waals surface area contributed by atoms with Gasteiger partial charge in [0.15, 0.2) is 0 Å². The minimum atomic E-state index is -0.463. The molecule has 98 valence electrons. The SMILES string of the molecule is CCCCCC1=CCC(C#N)(c2ccccc2)C=C1. The predicted molar refractivity (Wildman–Crippen MR) is 79.7 cm³/mol. The van der Waals surface area contributed by atoms with Gasteiger partial charge in [-0.1, -0.05) is 73.9 Å². The molecule has 19 heavy (non-hydrogen) atoms. The summed E-state index contributed by atoms with van der Waals surface area (Å²) in [7, 11) is 0. The highest BCUT2D eigenvalue weighted by molar-refractivity contribution is 5.44. The molecule has 0 saturated heterocycles. The van der Waals surface area contributed by atoms with E-state index in [1.165, 1.54) is 24.8 Å². The van der Waals surface area contributed by atoms with Crippen molar-refractivity contribution in [3.63, 3.8) is 0 Å². The van der Waals surface area contributed by atoms with E-state index in [1.54, 1.807) is 0 Å². The van der Waals surface area contributed by atoms with Crippen molar-refractivity contribution in [3.8, 4) is 6.07 Å². The van der Waals surface area contributed by atoms with E-state index >= 15 is 0 Å². The van der Waals surface area contributed by atoms with E-state index in [0.29, 0.717) is 0 Å². The highest BCUT2D eigenvalue weighted by Gasteiger charge is 2.29. The first-order chi connectivity index (χ1) is 9.30. The van der Waals surface area contributed by atoms with E-state index in [2.05, 4.69) is 31.2 Å². The van der Waals surface area contributed by atoms with Crippen molar-refractivity contribution in [1.82, 2.24) is 0 Å². The van der Waals surface area contributed by atoms with E-state index in [0.717, 1.165) is 18.4 Å². The van der Waals surface area contributed by atoms with Gasteiger partial charge < -0.3 is 0 Å². The van der Waals surface area contributed by atoms with Crippen LogP contribution in [0.5, 0.6) is 0 Å². The van der Waals surface area contributed by atoms with Crippen molar-refractivity contribution >= 4 is 0 Å². The van der Waals surface area contributed by atoms with Crippen LogP contribution in [0.1, 0.15) is 44.6 Å². The fraction of sp³-hybridized carbons (Fsp3) is 0.389. The highest BCUT2D eigenvalue weighted by Crippen LogP contribution is 2.34. The third-order valence-electron chi connectivity index (χ3n) is 3.83. The van der Waals surface area contributed by atoms with Crippen molar-refractivity contribution in [2.75, 3.05) is 0 Å². The smallest absolute Gasteiger partial charge is 0.104 e. The third kappa shape index (κ3) is 3.15. The van der Waals surface area contributed by atoms with Crippen LogP contribution in [0.25, 0.3) is 0 Å². The summed E-state index contributed by atoms with van der Waals surface area (Å²) in [6, 6.07) is 12.6. The first-order valence-corrected chi connectivity index (χ1v) is 7.16. The molecule has 0 heterocycles. The zero-order valence-corrected chi connectivity index (χ0v) is 11.6. The summed E-state index contributed by atoms with van der Waals surface area (Å²) in [4.78, 5) is 0. The van der Waals surface area contributed by atoms with Gasteiger partial charge in [-0.2, -0.15) is 5.26 Å². The third-order valence-corrected chi connectivity index (χ3v) is 3.83. The Kier molecular flexibility index (Phi) is 4.58. The monoisotopic (exact) mass is 251 g/mol. The molecule has 2 rings (SSSR count). The Morgan fingerprint density at radius 1 is 1.21 bits per heavy atom. The summed E-state index contributed by atoms with van der Waals surface area (Å²) in [5, 5.41) is 9.56. The quantitative estimate of drug-likeness (QED) is 0.682. The molecule has 1 aromatic carbocycles. The van der Waals surface area contributed by atoms with Crippen LogP contribution < -0.4 is 0 Å². The van der Waals surface area contributed by atoms with E-state index in [1.807, 2.05) is 30.3 Å². The summed E-state index contributed by atoms with van der Waals surface area (Å²) in [5.74, 6) is 0. The molecule has 1 aromatic rings. The van der Waals surface area contributed by atoms with Crippen molar-refractivity contribution in [2.24, 2.45) is 0 Å². The number of benzene rings is 1. The van der Waals surface area contributed by atoms with Crippen molar-refractivity contribution in [3.05, 3.63) is 59.7 Å². The van der Waals surface area contributed by atoms with Gasteiger partial charge in [-0.3, -0.25) is 0 Å². The second kappa shape index (κ2) is 6.38. The second-order valence-electron chi connectivity index (χ2n) is 5.22. The summed E-state index contributed by atoms with van der Waals surface area (Å²) in [5.41, 5.74) is 2.02. The van der Waals surface area contributed by atoms with Crippen molar-refractivity contribution < 1.29 is 0 Å². The molecule has 0 N–H and O–H groups in total. The molecule has 1 atom stereocenters. The van der Waals surface area contributed by atoms with Gasteiger partial charge in [0.1, 0.15) is 5.41 Å². The van der Waals surface area contributed by atoms with Gasteiger partial charge in [0.05, 0.1) is 6.07 Å². The van der Waals surface area contributed by atoms with E-state index in [4.69, 9.17) is 0 Å². The van der Waals surface area contributed by atoms with E-state index in [-0.39, 0.29) is 0 Å². The molecule has 0 spiro atoms. The number of rotatable bonds is 5. The van der Waals surface area contributed by atoms with E-state index < -0.39 is 5.41 Å². The Balaban J connectivity index is 2.09. The van der Waals surface area contributed by atoms with Crippen molar-refractivity contribution in [2.45, 2.75) is 44.4 Å². The lowest BCUT2D eigenvalue weighted by molar-refractivity contribution is 0.668. The molecular formula is C18H21N. The Bertz CT molecular complexity index is 504. The van der Waals surface area contributed by atoms with Crippen LogP contribution in [-0.4, -0.2) is 0 Å². The van der Waals surface area contributed by atoms with Gasteiger partial charge >= 0.3 is 0 Å². The summed E-state index contributed by atoms with van der Waals surface area (Å²) in [6.45, 7) is 2.22. The molecule has 0 bridgehead atoms. The largest absolute Gasteiger partial charge is 0.197 e. The van der Waals surface area contributed by atoms with Gasteiger partial charge in [-0.05, 0) is 24.8 Å². The average molecular weight is 251 g/mol. The second-order valence-corrected chi connectivity index (χ2v) is 5.22. The summed E-state index contributed by atoms with van der Waals surface area (Å²) < 4.78 is 0. The van der Waals surface area contributed by atoms with Gasteiger partial charge in [0, 0.05) is 0 Å². The van der Waals surface area contributed by atoms with Crippen LogP contribution in [0.15, 0.2) is 54.1 Å². The Labute approximate surface area is 116 Å². The van der Waals surface area contributed by atoms with E-state index in [9.17, 15) is 5.26 Å². The first kappa shape index (κ1) is 13.6. The molecule has 0 fully saturated rings. The lowest BCUT2D eigenvalue weighted by atomic mass is 9.75. The molecule has 1 aliphatic carbocycles. The van der Waals surface area contributed by atoms with Crippen LogP contribution in [0.3, 0.4) is 0 Å². The van der Waals surface area contributed by atoms with Gasteiger partial charge in [0.25, 0.3) is 0 Å². The van der Waals surface area contributed by atoms with Gasteiger partial charge in [0.2, 0.25) is 0 Å². The molecule has 1 aliphatic rings. The standard InChI is InChI=1S/C18H21N/c1-2-3-5-8-16-11-13-18(15-19,14-12-16)17-9-6-4-7-10-17/h4,6-7,9-13H,2-3,5,8,14H2,1H3. The number of nitriles is 1. The molecular weight excluding hydrogens is 230 g/mol. The molecule has 0 aliphatic heterocycles. The molecule has 1 unspecified atom stereocenters. The molecule has 0 aromatic heterocycles. The Morgan fingerprint density at radius 2 is 2.00 bits per heavy atom. The molecule has 1 nitrogen and oxygen atoms in total. The maximum Gasteiger partial charge on any atom is 0.104 e. The minimum Gasteiger partial charge on any atom is -0.197 e. The fourth-order valence-electron chi connectivity index (χ4n) is 2.54. The van der Waals surface area contributed by atoms with Crippen LogP contribution in [0, 0.1) is 11.3 Å². The number of hydrogen-bond donors (Lipinski definition) is 0. The predicted octanol–water partition coefficient (Wildman–Crippen LogP) is 4.91. The van der Waals surface area contributed by atoms with Crippen LogP contribution in [0.4, 0.5) is 0 Å². The lowest BCUT2D eigenvalue weighted by Gasteiger charge is -2.25. The summed E-state index contributed by atoms with van der Waals surface area (Å²) in [6.07, 6.45) is 12.2. The number of nitrogens with zero attached hydrogens (tertiary/aromatic N) is 1. The molecule has 0 saturated carbocycles. The minimum absolute atomic E-state index is 0.463. The Hall–Kier alpha value is -1.81. The first-order valence-electron chi connectivity index (χ1n) is 7.16. The number of allylic oxidation sites excluding steroid dienone is 4.